The van der Waals surface area contributed by atoms with E-state index in [2.05, 4.69) is 24.1 Å². The summed E-state index contributed by atoms with van der Waals surface area (Å²) in [5, 5.41) is 3.73. The van der Waals surface area contributed by atoms with Crippen LogP contribution in [0.15, 0.2) is 0 Å². The van der Waals surface area contributed by atoms with Gasteiger partial charge in [-0.15, -0.1) is 0 Å². The number of hydrogen-bond acceptors (Lipinski definition) is 3. The van der Waals surface area contributed by atoms with Crippen LogP contribution in [0.1, 0.15) is 52.4 Å². The second kappa shape index (κ2) is 8.23. The molecule has 1 N–H and O–H groups in total. The molecule has 0 aromatic carbocycles. The summed E-state index contributed by atoms with van der Waals surface area (Å²) in [7, 11) is 0. The van der Waals surface area contributed by atoms with Gasteiger partial charge in [0.1, 0.15) is 0 Å². The number of ether oxygens (including phenoxy) is 1. The van der Waals surface area contributed by atoms with Gasteiger partial charge in [-0.1, -0.05) is 26.7 Å². The molecule has 2 unspecified atom stereocenters. The quantitative estimate of drug-likeness (QED) is 0.768. The lowest BCUT2D eigenvalue weighted by atomic mass is 9.94. The lowest BCUT2D eigenvalue weighted by Gasteiger charge is -2.38. The molecule has 1 aliphatic carbocycles. The van der Waals surface area contributed by atoms with Crippen molar-refractivity contribution in [1.29, 1.82) is 0 Å². The average Bonchev–Trinajstić information content (AvgIpc) is 2.97. The molecule has 0 aromatic rings. The SMILES string of the molecule is CCCNC1CCOCC1CN(CC)C1CCCC1. The van der Waals surface area contributed by atoms with Crippen LogP contribution >= 0.6 is 0 Å². The fourth-order valence-corrected chi connectivity index (χ4v) is 3.68. The monoisotopic (exact) mass is 268 g/mol. The van der Waals surface area contributed by atoms with Gasteiger partial charge in [-0.2, -0.15) is 0 Å². The molecule has 2 rings (SSSR count). The van der Waals surface area contributed by atoms with Gasteiger partial charge in [0.15, 0.2) is 0 Å². The molecule has 1 saturated heterocycles. The molecule has 2 atom stereocenters. The summed E-state index contributed by atoms with van der Waals surface area (Å²) >= 11 is 0. The number of hydrogen-bond donors (Lipinski definition) is 1. The van der Waals surface area contributed by atoms with Crippen molar-refractivity contribution in [1.82, 2.24) is 10.2 Å². The van der Waals surface area contributed by atoms with Crippen LogP contribution in [0.5, 0.6) is 0 Å². The predicted octanol–water partition coefficient (Wildman–Crippen LogP) is 2.66. The third-order valence-electron chi connectivity index (χ3n) is 4.85. The van der Waals surface area contributed by atoms with Gasteiger partial charge >= 0.3 is 0 Å². The number of rotatable bonds is 7. The first-order valence-electron chi connectivity index (χ1n) is 8.40. The topological polar surface area (TPSA) is 24.5 Å². The molecular formula is C16H32N2O. The van der Waals surface area contributed by atoms with Crippen molar-refractivity contribution in [3.05, 3.63) is 0 Å². The summed E-state index contributed by atoms with van der Waals surface area (Å²) in [5.74, 6) is 0.681. The van der Waals surface area contributed by atoms with Crippen molar-refractivity contribution in [3.63, 3.8) is 0 Å². The van der Waals surface area contributed by atoms with Crippen molar-refractivity contribution < 1.29 is 4.74 Å². The Balaban J connectivity index is 1.85. The van der Waals surface area contributed by atoms with Gasteiger partial charge in [0.2, 0.25) is 0 Å². The standard InChI is InChI=1S/C16H32N2O/c1-3-10-17-16-9-11-19-13-14(16)12-18(4-2)15-7-5-6-8-15/h14-17H,3-13H2,1-2H3. The molecule has 112 valence electrons. The van der Waals surface area contributed by atoms with Gasteiger partial charge < -0.3 is 15.0 Å². The van der Waals surface area contributed by atoms with Crippen LogP contribution in [0.4, 0.5) is 0 Å². The van der Waals surface area contributed by atoms with Gasteiger partial charge in [-0.05, 0) is 38.8 Å². The maximum Gasteiger partial charge on any atom is 0.0521 e. The van der Waals surface area contributed by atoms with Gasteiger partial charge in [0.25, 0.3) is 0 Å². The Labute approximate surface area is 119 Å². The lowest BCUT2D eigenvalue weighted by Crippen LogP contribution is -2.49. The summed E-state index contributed by atoms with van der Waals surface area (Å²) in [4.78, 5) is 2.72. The van der Waals surface area contributed by atoms with Gasteiger partial charge in [-0.25, -0.2) is 0 Å². The zero-order valence-corrected chi connectivity index (χ0v) is 12.9. The van der Waals surface area contributed by atoms with Crippen molar-refractivity contribution >= 4 is 0 Å². The maximum atomic E-state index is 5.73. The van der Waals surface area contributed by atoms with E-state index in [0.29, 0.717) is 12.0 Å². The maximum absolute atomic E-state index is 5.73. The molecule has 3 heteroatoms. The van der Waals surface area contributed by atoms with Crippen LogP contribution in [0.3, 0.4) is 0 Å². The molecule has 2 aliphatic rings. The molecule has 0 spiro atoms. The van der Waals surface area contributed by atoms with E-state index in [0.717, 1.165) is 25.8 Å². The molecular weight excluding hydrogens is 236 g/mol. The Bertz CT molecular complexity index is 241. The molecule has 0 aromatic heterocycles. The van der Waals surface area contributed by atoms with Crippen LogP contribution in [0.25, 0.3) is 0 Å². The third kappa shape index (κ3) is 4.44. The van der Waals surface area contributed by atoms with Gasteiger partial charge in [0.05, 0.1) is 6.61 Å². The third-order valence-corrected chi connectivity index (χ3v) is 4.85. The zero-order valence-electron chi connectivity index (χ0n) is 12.9. The summed E-state index contributed by atoms with van der Waals surface area (Å²) < 4.78 is 5.73. The Morgan fingerprint density at radius 2 is 1.95 bits per heavy atom. The molecule has 1 aliphatic heterocycles. The van der Waals surface area contributed by atoms with E-state index in [4.69, 9.17) is 4.74 Å². The minimum atomic E-state index is 0.671. The fraction of sp³-hybridized carbons (Fsp3) is 1.00. The van der Waals surface area contributed by atoms with Gasteiger partial charge in [-0.3, -0.25) is 0 Å². The second-order valence-electron chi connectivity index (χ2n) is 6.21. The first kappa shape index (κ1) is 15.3. The zero-order chi connectivity index (χ0) is 13.5. The fourth-order valence-electron chi connectivity index (χ4n) is 3.68. The van der Waals surface area contributed by atoms with E-state index in [9.17, 15) is 0 Å². The van der Waals surface area contributed by atoms with E-state index in [1.54, 1.807) is 0 Å². The lowest BCUT2D eigenvalue weighted by molar-refractivity contribution is 0.0112. The molecule has 3 nitrogen and oxygen atoms in total. The summed E-state index contributed by atoms with van der Waals surface area (Å²) in [6, 6.07) is 1.52. The highest BCUT2D eigenvalue weighted by atomic mass is 16.5. The van der Waals surface area contributed by atoms with Crippen LogP contribution < -0.4 is 5.32 Å². The van der Waals surface area contributed by atoms with Crippen LogP contribution in [0, 0.1) is 5.92 Å². The molecule has 1 heterocycles. The summed E-state index contributed by atoms with van der Waals surface area (Å²) in [6.07, 6.45) is 8.10. The van der Waals surface area contributed by atoms with E-state index < -0.39 is 0 Å². The smallest absolute Gasteiger partial charge is 0.0521 e. The minimum Gasteiger partial charge on any atom is -0.381 e. The normalized spacial score (nSPS) is 29.2. The number of nitrogens with zero attached hydrogens (tertiary/aromatic N) is 1. The summed E-state index contributed by atoms with van der Waals surface area (Å²) in [5.41, 5.74) is 0. The van der Waals surface area contributed by atoms with E-state index >= 15 is 0 Å². The Morgan fingerprint density at radius 1 is 1.16 bits per heavy atom. The molecule has 1 saturated carbocycles. The largest absolute Gasteiger partial charge is 0.381 e. The molecule has 2 fully saturated rings. The highest BCUT2D eigenvalue weighted by Gasteiger charge is 2.29. The Hall–Kier alpha value is -0.120. The molecule has 0 bridgehead atoms. The summed E-state index contributed by atoms with van der Waals surface area (Å²) in [6.45, 7) is 10.0. The van der Waals surface area contributed by atoms with Crippen molar-refractivity contribution in [2.75, 3.05) is 32.8 Å². The van der Waals surface area contributed by atoms with Crippen molar-refractivity contribution in [2.45, 2.75) is 64.5 Å². The first-order valence-corrected chi connectivity index (χ1v) is 8.40. The van der Waals surface area contributed by atoms with Crippen molar-refractivity contribution in [3.8, 4) is 0 Å². The second-order valence-corrected chi connectivity index (χ2v) is 6.21. The van der Waals surface area contributed by atoms with E-state index in [1.165, 1.54) is 51.6 Å². The predicted molar refractivity (Wildman–Crippen MR) is 80.5 cm³/mol. The average molecular weight is 268 g/mol. The van der Waals surface area contributed by atoms with Crippen LogP contribution in [-0.2, 0) is 4.74 Å². The first-order chi connectivity index (χ1) is 9.35. The number of nitrogens with one attached hydrogen (secondary N) is 1. The highest BCUT2D eigenvalue weighted by Crippen LogP contribution is 2.25. The Morgan fingerprint density at radius 3 is 2.63 bits per heavy atom. The van der Waals surface area contributed by atoms with Crippen LogP contribution in [0.2, 0.25) is 0 Å². The molecule has 19 heavy (non-hydrogen) atoms. The Kier molecular flexibility index (Phi) is 6.62. The van der Waals surface area contributed by atoms with E-state index in [1.807, 2.05) is 0 Å². The van der Waals surface area contributed by atoms with Crippen molar-refractivity contribution in [2.24, 2.45) is 5.92 Å². The minimum absolute atomic E-state index is 0.671. The van der Waals surface area contributed by atoms with Crippen LogP contribution in [-0.4, -0.2) is 49.8 Å². The molecule has 0 radical (unpaired) electrons. The van der Waals surface area contributed by atoms with E-state index in [-0.39, 0.29) is 0 Å². The molecule has 0 amide bonds. The highest BCUT2D eigenvalue weighted by molar-refractivity contribution is 4.85. The van der Waals surface area contributed by atoms with Gasteiger partial charge in [0, 0.05) is 31.2 Å².